The molecule has 1 aliphatic heterocycles. The van der Waals surface area contributed by atoms with Gasteiger partial charge in [0.1, 0.15) is 5.75 Å². The molecule has 1 atom stereocenters. The summed E-state index contributed by atoms with van der Waals surface area (Å²) < 4.78 is 6.67. The second kappa shape index (κ2) is 7.84. The van der Waals surface area contributed by atoms with Crippen molar-refractivity contribution in [3.63, 3.8) is 0 Å². The van der Waals surface area contributed by atoms with E-state index in [-0.39, 0.29) is 11.9 Å². The molecule has 1 aliphatic rings. The molecule has 1 unspecified atom stereocenters. The fraction of sp³-hybridized carbons (Fsp3) is 0.350. The van der Waals surface area contributed by atoms with E-state index in [4.69, 9.17) is 4.74 Å². The highest BCUT2D eigenvalue weighted by molar-refractivity contribution is 9.10. The highest BCUT2D eigenvalue weighted by Gasteiger charge is 2.23. The van der Waals surface area contributed by atoms with Crippen molar-refractivity contribution in [1.82, 2.24) is 5.32 Å². The van der Waals surface area contributed by atoms with Gasteiger partial charge in [-0.05, 0) is 43.5 Å². The Morgan fingerprint density at radius 3 is 2.83 bits per heavy atom. The van der Waals surface area contributed by atoms with E-state index in [2.05, 4.69) is 52.4 Å². The van der Waals surface area contributed by atoms with E-state index in [1.165, 1.54) is 11.1 Å². The first-order valence-electron chi connectivity index (χ1n) is 8.39. The van der Waals surface area contributed by atoms with Crippen LogP contribution in [0, 0.1) is 6.92 Å². The van der Waals surface area contributed by atoms with Gasteiger partial charge in [0.05, 0.1) is 12.6 Å². The molecule has 24 heavy (non-hydrogen) atoms. The molecule has 0 radical (unpaired) electrons. The van der Waals surface area contributed by atoms with Gasteiger partial charge < -0.3 is 10.1 Å². The molecule has 4 heteroatoms. The van der Waals surface area contributed by atoms with Gasteiger partial charge in [0.2, 0.25) is 5.91 Å². The third kappa shape index (κ3) is 4.38. The summed E-state index contributed by atoms with van der Waals surface area (Å²) in [5.41, 5.74) is 3.61. The third-order valence-electron chi connectivity index (χ3n) is 4.34. The zero-order valence-corrected chi connectivity index (χ0v) is 15.4. The number of hydrogen-bond acceptors (Lipinski definition) is 2. The molecule has 1 amide bonds. The first-order chi connectivity index (χ1) is 11.6. The number of ether oxygens (including phenoxy) is 1. The average Bonchev–Trinajstić information content (AvgIpc) is 2.57. The maximum Gasteiger partial charge on any atom is 0.220 e. The summed E-state index contributed by atoms with van der Waals surface area (Å²) in [6, 6.07) is 14.5. The van der Waals surface area contributed by atoms with Crippen LogP contribution in [0.2, 0.25) is 0 Å². The Morgan fingerprint density at radius 2 is 2.04 bits per heavy atom. The minimum absolute atomic E-state index is 0.0399. The lowest BCUT2D eigenvalue weighted by Crippen LogP contribution is -2.32. The minimum Gasteiger partial charge on any atom is -0.493 e. The lowest BCUT2D eigenvalue weighted by atomic mass is 10.00. The van der Waals surface area contributed by atoms with Gasteiger partial charge in [-0.15, -0.1) is 0 Å². The van der Waals surface area contributed by atoms with Crippen LogP contribution in [0.1, 0.15) is 42.0 Å². The Hall–Kier alpha value is -1.81. The molecule has 1 heterocycles. The van der Waals surface area contributed by atoms with E-state index in [1.54, 1.807) is 0 Å². The maximum atomic E-state index is 12.3. The predicted octanol–water partition coefficient (Wildman–Crippen LogP) is 4.72. The van der Waals surface area contributed by atoms with E-state index in [0.29, 0.717) is 13.0 Å². The number of nitrogens with one attached hydrogen (secondary N) is 1. The van der Waals surface area contributed by atoms with Crippen molar-refractivity contribution in [2.24, 2.45) is 0 Å². The average molecular weight is 388 g/mol. The van der Waals surface area contributed by atoms with E-state index in [1.807, 2.05) is 18.2 Å². The molecule has 1 N–H and O–H groups in total. The van der Waals surface area contributed by atoms with Crippen LogP contribution in [0.15, 0.2) is 46.9 Å². The number of fused-ring (bicyclic) bond motifs is 1. The molecule has 0 aromatic heterocycles. The number of benzene rings is 2. The summed E-state index contributed by atoms with van der Waals surface area (Å²) >= 11 is 3.49. The van der Waals surface area contributed by atoms with Crippen LogP contribution >= 0.6 is 15.9 Å². The highest BCUT2D eigenvalue weighted by atomic mass is 79.9. The van der Waals surface area contributed by atoms with Crippen molar-refractivity contribution in [3.05, 3.63) is 63.6 Å². The Morgan fingerprint density at radius 1 is 1.25 bits per heavy atom. The molecule has 0 aliphatic carbocycles. The molecule has 0 saturated heterocycles. The number of amides is 1. The summed E-state index contributed by atoms with van der Waals surface area (Å²) in [5, 5.41) is 3.16. The van der Waals surface area contributed by atoms with E-state index in [9.17, 15) is 4.79 Å². The summed E-state index contributed by atoms with van der Waals surface area (Å²) in [7, 11) is 0. The lowest BCUT2D eigenvalue weighted by Gasteiger charge is -2.27. The SMILES string of the molecule is Cc1ccc(CCCC(=O)NC2CCOc3ccc(Br)cc32)cc1. The zero-order chi connectivity index (χ0) is 16.9. The van der Waals surface area contributed by atoms with Gasteiger partial charge in [-0.3, -0.25) is 4.79 Å². The summed E-state index contributed by atoms with van der Waals surface area (Å²) in [4.78, 5) is 12.3. The lowest BCUT2D eigenvalue weighted by molar-refractivity contribution is -0.122. The fourth-order valence-corrected chi connectivity index (χ4v) is 3.37. The van der Waals surface area contributed by atoms with Gasteiger partial charge in [0.15, 0.2) is 0 Å². The van der Waals surface area contributed by atoms with Crippen molar-refractivity contribution < 1.29 is 9.53 Å². The largest absolute Gasteiger partial charge is 0.493 e. The molecular formula is C20H22BrNO2. The van der Waals surface area contributed by atoms with E-state index >= 15 is 0 Å². The van der Waals surface area contributed by atoms with Crippen LogP contribution in [0.3, 0.4) is 0 Å². The van der Waals surface area contributed by atoms with Crippen molar-refractivity contribution in [2.45, 2.75) is 38.6 Å². The van der Waals surface area contributed by atoms with Gasteiger partial charge >= 0.3 is 0 Å². The molecule has 0 fully saturated rings. The number of rotatable bonds is 5. The first-order valence-corrected chi connectivity index (χ1v) is 9.18. The van der Waals surface area contributed by atoms with Crippen molar-refractivity contribution >= 4 is 21.8 Å². The monoisotopic (exact) mass is 387 g/mol. The van der Waals surface area contributed by atoms with Crippen LogP contribution in [-0.2, 0) is 11.2 Å². The smallest absolute Gasteiger partial charge is 0.220 e. The van der Waals surface area contributed by atoms with Gasteiger partial charge in [0.25, 0.3) is 0 Å². The second-order valence-corrected chi connectivity index (χ2v) is 7.19. The van der Waals surface area contributed by atoms with Gasteiger partial charge in [-0.25, -0.2) is 0 Å². The summed E-state index contributed by atoms with van der Waals surface area (Å²) in [6.07, 6.45) is 3.16. The van der Waals surface area contributed by atoms with Crippen molar-refractivity contribution in [3.8, 4) is 5.75 Å². The normalized spacial score (nSPS) is 16.2. The first kappa shape index (κ1) is 17.0. The standard InChI is InChI=1S/C20H22BrNO2/c1-14-5-7-15(8-6-14)3-2-4-20(23)22-18-11-12-24-19-10-9-16(21)13-17(18)19/h5-10,13,18H,2-4,11-12H2,1H3,(H,22,23). The van der Waals surface area contributed by atoms with Crippen molar-refractivity contribution in [1.29, 1.82) is 0 Å². The summed E-state index contributed by atoms with van der Waals surface area (Å²) in [6.45, 7) is 2.73. The molecule has 0 bridgehead atoms. The number of hydrogen-bond donors (Lipinski definition) is 1. The predicted molar refractivity (Wildman–Crippen MR) is 99.3 cm³/mol. The number of carbonyl (C=O) groups is 1. The quantitative estimate of drug-likeness (QED) is 0.805. The topological polar surface area (TPSA) is 38.3 Å². The Balaban J connectivity index is 1.52. The second-order valence-electron chi connectivity index (χ2n) is 6.28. The molecule has 0 saturated carbocycles. The Bertz CT molecular complexity index is 712. The Labute approximate surface area is 151 Å². The number of aryl methyl sites for hydroxylation is 2. The Kier molecular flexibility index (Phi) is 5.56. The van der Waals surface area contributed by atoms with Gasteiger partial charge in [-0.1, -0.05) is 45.8 Å². The number of halogens is 1. The third-order valence-corrected chi connectivity index (χ3v) is 4.83. The summed E-state index contributed by atoms with van der Waals surface area (Å²) in [5.74, 6) is 0.981. The van der Waals surface area contributed by atoms with Crippen LogP contribution in [-0.4, -0.2) is 12.5 Å². The highest BCUT2D eigenvalue weighted by Crippen LogP contribution is 2.34. The number of carbonyl (C=O) groups excluding carboxylic acids is 1. The van der Waals surface area contributed by atoms with Crippen LogP contribution < -0.4 is 10.1 Å². The fourth-order valence-electron chi connectivity index (χ4n) is 2.99. The van der Waals surface area contributed by atoms with Gasteiger partial charge in [-0.2, -0.15) is 0 Å². The minimum atomic E-state index is 0.0399. The molecule has 2 aromatic carbocycles. The molecule has 3 rings (SSSR count). The molecular weight excluding hydrogens is 366 g/mol. The van der Waals surface area contributed by atoms with Crippen LogP contribution in [0.25, 0.3) is 0 Å². The van der Waals surface area contributed by atoms with Crippen molar-refractivity contribution in [2.75, 3.05) is 6.61 Å². The van der Waals surface area contributed by atoms with Gasteiger partial charge in [0, 0.05) is 22.9 Å². The van der Waals surface area contributed by atoms with Crippen LogP contribution in [0.4, 0.5) is 0 Å². The maximum absolute atomic E-state index is 12.3. The van der Waals surface area contributed by atoms with Crippen LogP contribution in [0.5, 0.6) is 5.75 Å². The van der Waals surface area contributed by atoms with E-state index in [0.717, 1.165) is 35.0 Å². The molecule has 126 valence electrons. The molecule has 0 spiro atoms. The molecule has 3 nitrogen and oxygen atoms in total. The molecule has 2 aromatic rings. The zero-order valence-electron chi connectivity index (χ0n) is 13.8. The van der Waals surface area contributed by atoms with E-state index < -0.39 is 0 Å².